The topological polar surface area (TPSA) is 54.9 Å². The van der Waals surface area contributed by atoms with E-state index in [1.807, 2.05) is 19.2 Å². The third kappa shape index (κ3) is 5.09. The van der Waals surface area contributed by atoms with Crippen molar-refractivity contribution in [3.05, 3.63) is 65.2 Å². The summed E-state index contributed by atoms with van der Waals surface area (Å²) in [5.41, 5.74) is 4.11. The van der Waals surface area contributed by atoms with Crippen molar-refractivity contribution < 1.29 is 9.47 Å². The number of rotatable bonds is 5. The van der Waals surface area contributed by atoms with Gasteiger partial charge in [-0.2, -0.15) is 0 Å². The van der Waals surface area contributed by atoms with Gasteiger partial charge in [-0.3, -0.25) is 4.99 Å². The Morgan fingerprint density at radius 1 is 1.07 bits per heavy atom. The Morgan fingerprint density at radius 3 is 2.53 bits per heavy atom. The maximum Gasteiger partial charge on any atom is 0.191 e. The fourth-order valence-corrected chi connectivity index (χ4v) is 4.52. The Morgan fingerprint density at radius 2 is 1.80 bits per heavy atom. The van der Waals surface area contributed by atoms with Crippen LogP contribution in [0, 0.1) is 6.92 Å². The van der Waals surface area contributed by atoms with Crippen LogP contribution < -0.4 is 15.4 Å². The lowest BCUT2D eigenvalue weighted by Gasteiger charge is -2.39. The van der Waals surface area contributed by atoms with Crippen LogP contribution in [-0.2, 0) is 16.6 Å². The number of aliphatic imine (C=N–C) groups is 1. The Balaban J connectivity index is 0.00000256. The first-order chi connectivity index (χ1) is 14.2. The Hall–Kier alpha value is -1.80. The van der Waals surface area contributed by atoms with Gasteiger partial charge in [0, 0.05) is 38.6 Å². The van der Waals surface area contributed by atoms with Crippen LogP contribution in [0.25, 0.3) is 0 Å². The first kappa shape index (κ1) is 22.9. The number of guanidine groups is 1. The summed E-state index contributed by atoms with van der Waals surface area (Å²) >= 11 is 0. The lowest BCUT2D eigenvalue weighted by atomic mass is 9.72. The highest BCUT2D eigenvalue weighted by molar-refractivity contribution is 14.0. The Kier molecular flexibility index (Phi) is 7.99. The number of hydrogen-bond donors (Lipinski definition) is 2. The minimum Gasteiger partial charge on any atom is -0.488 e. The number of para-hydroxylation sites is 1. The average Bonchev–Trinajstić information content (AvgIpc) is 3.18. The molecule has 2 heterocycles. The number of nitrogens with one attached hydrogen (secondary N) is 2. The normalized spacial score (nSPS) is 19.9. The lowest BCUT2D eigenvalue weighted by Crippen LogP contribution is -2.49. The molecule has 0 aromatic heterocycles. The Bertz CT molecular complexity index is 840. The highest BCUT2D eigenvalue weighted by Crippen LogP contribution is 2.36. The molecular formula is C24H32IN3O2. The highest BCUT2D eigenvalue weighted by Gasteiger charge is 2.35. The number of nitrogens with zero attached hydrogens (tertiary/aromatic N) is 1. The van der Waals surface area contributed by atoms with Crippen LogP contribution in [0.5, 0.6) is 5.75 Å². The quantitative estimate of drug-likeness (QED) is 0.357. The summed E-state index contributed by atoms with van der Waals surface area (Å²) in [6.07, 6.45) is 3.11. The summed E-state index contributed by atoms with van der Waals surface area (Å²) in [7, 11) is 1.82. The van der Waals surface area contributed by atoms with E-state index in [1.54, 1.807) is 0 Å². The summed E-state index contributed by atoms with van der Waals surface area (Å²) < 4.78 is 11.7. The van der Waals surface area contributed by atoms with Gasteiger partial charge in [0.05, 0.1) is 6.54 Å². The molecule has 6 heteroatoms. The van der Waals surface area contributed by atoms with Gasteiger partial charge in [-0.1, -0.05) is 42.5 Å². The molecule has 4 rings (SSSR count). The lowest BCUT2D eigenvalue weighted by molar-refractivity contribution is 0.0511. The van der Waals surface area contributed by atoms with Gasteiger partial charge in [0.15, 0.2) is 5.96 Å². The largest absolute Gasteiger partial charge is 0.488 e. The predicted molar refractivity (Wildman–Crippen MR) is 132 cm³/mol. The zero-order chi connectivity index (χ0) is 20.1. The average molecular weight is 521 g/mol. The molecule has 1 saturated heterocycles. The molecule has 1 atom stereocenters. The molecule has 0 amide bonds. The number of fused-ring (bicyclic) bond motifs is 1. The minimum atomic E-state index is 0. The predicted octanol–water partition coefficient (Wildman–Crippen LogP) is 3.83. The monoisotopic (exact) mass is 521 g/mol. The molecule has 2 N–H and O–H groups in total. The standard InChI is InChI=1S/C24H31N3O2.HI/c1-18-7-3-5-9-21(18)24(11-13-28-14-12-24)17-27-23(25-2)26-16-20-15-19-8-4-6-10-22(19)29-20;/h3-10,20H,11-17H2,1-2H3,(H2,25,26,27);1H. The van der Waals surface area contributed by atoms with E-state index in [0.717, 1.165) is 57.3 Å². The Labute approximate surface area is 196 Å². The number of aryl methyl sites for hydroxylation is 1. The highest BCUT2D eigenvalue weighted by atomic mass is 127. The van der Waals surface area contributed by atoms with Crippen molar-refractivity contribution in [1.29, 1.82) is 0 Å². The van der Waals surface area contributed by atoms with Gasteiger partial charge < -0.3 is 20.1 Å². The zero-order valence-electron chi connectivity index (χ0n) is 17.8. The molecule has 0 radical (unpaired) electrons. The molecule has 5 nitrogen and oxygen atoms in total. The second-order valence-corrected chi connectivity index (χ2v) is 8.07. The first-order valence-corrected chi connectivity index (χ1v) is 10.5. The molecular weight excluding hydrogens is 489 g/mol. The van der Waals surface area contributed by atoms with Gasteiger partial charge in [0.25, 0.3) is 0 Å². The number of halogens is 1. The van der Waals surface area contributed by atoms with Crippen molar-refractivity contribution in [2.24, 2.45) is 4.99 Å². The van der Waals surface area contributed by atoms with Crippen LogP contribution in [-0.4, -0.2) is 45.4 Å². The SMILES string of the molecule is CN=C(NCC1Cc2ccccc2O1)NCC1(c2ccccc2C)CCOCC1.I. The third-order valence-corrected chi connectivity index (χ3v) is 6.20. The molecule has 2 aliphatic rings. The van der Waals surface area contributed by atoms with Crippen molar-refractivity contribution in [3.63, 3.8) is 0 Å². The van der Waals surface area contributed by atoms with Gasteiger partial charge in [0.1, 0.15) is 11.9 Å². The van der Waals surface area contributed by atoms with Crippen molar-refractivity contribution in [3.8, 4) is 5.75 Å². The van der Waals surface area contributed by atoms with Crippen LogP contribution in [0.3, 0.4) is 0 Å². The summed E-state index contributed by atoms with van der Waals surface area (Å²) in [5.74, 6) is 1.83. The fraction of sp³-hybridized carbons (Fsp3) is 0.458. The zero-order valence-corrected chi connectivity index (χ0v) is 20.1. The minimum absolute atomic E-state index is 0. The first-order valence-electron chi connectivity index (χ1n) is 10.5. The maximum atomic E-state index is 6.04. The summed E-state index contributed by atoms with van der Waals surface area (Å²) in [5, 5.41) is 7.03. The van der Waals surface area contributed by atoms with E-state index < -0.39 is 0 Å². The molecule has 2 aliphatic heterocycles. The van der Waals surface area contributed by atoms with Crippen LogP contribution in [0.15, 0.2) is 53.5 Å². The van der Waals surface area contributed by atoms with Crippen molar-refractivity contribution in [2.45, 2.75) is 37.7 Å². The van der Waals surface area contributed by atoms with Crippen molar-refractivity contribution in [2.75, 3.05) is 33.4 Å². The van der Waals surface area contributed by atoms with Crippen LogP contribution in [0.1, 0.15) is 29.5 Å². The van der Waals surface area contributed by atoms with E-state index in [4.69, 9.17) is 9.47 Å². The van der Waals surface area contributed by atoms with Gasteiger partial charge in [-0.25, -0.2) is 0 Å². The molecule has 0 spiro atoms. The summed E-state index contributed by atoms with van der Waals surface area (Å²) in [6.45, 7) is 5.38. The second-order valence-electron chi connectivity index (χ2n) is 8.07. The van der Waals surface area contributed by atoms with E-state index in [9.17, 15) is 0 Å². The van der Waals surface area contributed by atoms with Gasteiger partial charge in [-0.15, -0.1) is 24.0 Å². The molecule has 0 bridgehead atoms. The maximum absolute atomic E-state index is 6.04. The van der Waals surface area contributed by atoms with Gasteiger partial charge >= 0.3 is 0 Å². The molecule has 1 fully saturated rings. The number of ether oxygens (including phenoxy) is 2. The smallest absolute Gasteiger partial charge is 0.191 e. The van der Waals surface area contributed by atoms with Gasteiger partial charge in [-0.05, 0) is 42.5 Å². The van der Waals surface area contributed by atoms with E-state index in [1.165, 1.54) is 16.7 Å². The summed E-state index contributed by atoms with van der Waals surface area (Å²) in [6, 6.07) is 17.0. The van der Waals surface area contributed by atoms with E-state index in [-0.39, 0.29) is 35.5 Å². The molecule has 0 saturated carbocycles. The molecule has 2 aromatic rings. The van der Waals surface area contributed by atoms with E-state index >= 15 is 0 Å². The van der Waals surface area contributed by atoms with Crippen LogP contribution in [0.4, 0.5) is 0 Å². The molecule has 162 valence electrons. The van der Waals surface area contributed by atoms with Crippen molar-refractivity contribution >= 4 is 29.9 Å². The number of benzene rings is 2. The van der Waals surface area contributed by atoms with Crippen LogP contribution >= 0.6 is 24.0 Å². The third-order valence-electron chi connectivity index (χ3n) is 6.20. The van der Waals surface area contributed by atoms with Gasteiger partial charge in [0.2, 0.25) is 0 Å². The van der Waals surface area contributed by atoms with E-state index in [2.05, 4.69) is 58.9 Å². The fourth-order valence-electron chi connectivity index (χ4n) is 4.52. The second kappa shape index (κ2) is 10.5. The molecule has 1 unspecified atom stereocenters. The van der Waals surface area contributed by atoms with Crippen molar-refractivity contribution in [1.82, 2.24) is 10.6 Å². The molecule has 30 heavy (non-hydrogen) atoms. The molecule has 2 aromatic carbocycles. The molecule has 0 aliphatic carbocycles. The number of hydrogen-bond acceptors (Lipinski definition) is 3. The summed E-state index contributed by atoms with van der Waals surface area (Å²) in [4.78, 5) is 4.44. The van der Waals surface area contributed by atoms with Crippen LogP contribution in [0.2, 0.25) is 0 Å². The van der Waals surface area contributed by atoms with E-state index in [0.29, 0.717) is 0 Å².